The van der Waals surface area contributed by atoms with Crippen LogP contribution in [-0.4, -0.2) is 10.2 Å². The molecule has 15 heavy (non-hydrogen) atoms. The highest BCUT2D eigenvalue weighted by Crippen LogP contribution is 2.22. The largest absolute Gasteiger partial charge is 0.326 e. The topological polar surface area (TPSA) is 54.7 Å². The molecule has 0 aliphatic rings. The van der Waals surface area contributed by atoms with Crippen LogP contribution in [0.3, 0.4) is 0 Å². The molecule has 5 heteroatoms. The van der Waals surface area contributed by atoms with Crippen LogP contribution in [0.5, 0.6) is 0 Å². The van der Waals surface area contributed by atoms with E-state index in [1.165, 1.54) is 0 Å². The fourth-order valence-corrected chi connectivity index (χ4v) is 1.46. The zero-order valence-electron chi connectivity index (χ0n) is 7.90. The third-order valence-electron chi connectivity index (χ3n) is 2.07. The van der Waals surface area contributed by atoms with Gasteiger partial charge in [-0.05, 0) is 17.7 Å². The molecule has 0 aliphatic heterocycles. The number of nitrogens with zero attached hydrogens (tertiary/aromatic N) is 1. The Morgan fingerprint density at radius 2 is 1.93 bits per heavy atom. The maximum absolute atomic E-state index is 5.80. The SMILES string of the molecule is Cl.NCc1cn[nH]c1-c1ccc(Cl)cc1. The Bertz CT molecular complexity index is 422. The van der Waals surface area contributed by atoms with Crippen LogP contribution >= 0.6 is 24.0 Å². The number of aromatic amines is 1. The summed E-state index contributed by atoms with van der Waals surface area (Å²) in [5.41, 5.74) is 8.59. The molecule has 0 unspecified atom stereocenters. The van der Waals surface area contributed by atoms with Crippen molar-refractivity contribution >= 4 is 24.0 Å². The minimum Gasteiger partial charge on any atom is -0.326 e. The van der Waals surface area contributed by atoms with Gasteiger partial charge in [0.1, 0.15) is 0 Å². The van der Waals surface area contributed by atoms with Crippen LogP contribution < -0.4 is 5.73 Å². The molecule has 1 heterocycles. The third kappa shape index (κ3) is 2.50. The molecule has 0 saturated carbocycles. The van der Waals surface area contributed by atoms with E-state index >= 15 is 0 Å². The number of nitrogens with two attached hydrogens (primary N) is 1. The van der Waals surface area contributed by atoms with Gasteiger partial charge in [-0.2, -0.15) is 5.10 Å². The predicted molar refractivity (Wildman–Crippen MR) is 64.2 cm³/mol. The van der Waals surface area contributed by atoms with E-state index in [1.807, 2.05) is 24.3 Å². The summed E-state index contributed by atoms with van der Waals surface area (Å²) in [6.07, 6.45) is 1.74. The van der Waals surface area contributed by atoms with Gasteiger partial charge < -0.3 is 5.73 Å². The summed E-state index contributed by atoms with van der Waals surface area (Å²) in [4.78, 5) is 0. The average Bonchev–Trinajstić information content (AvgIpc) is 2.67. The van der Waals surface area contributed by atoms with Gasteiger partial charge in [0, 0.05) is 17.1 Å². The molecule has 3 nitrogen and oxygen atoms in total. The number of benzene rings is 1. The number of nitrogens with one attached hydrogen (secondary N) is 1. The summed E-state index contributed by atoms with van der Waals surface area (Å²) in [5.74, 6) is 0. The van der Waals surface area contributed by atoms with Gasteiger partial charge >= 0.3 is 0 Å². The summed E-state index contributed by atoms with van der Waals surface area (Å²) in [7, 11) is 0. The van der Waals surface area contributed by atoms with E-state index in [1.54, 1.807) is 6.20 Å². The number of halogens is 2. The van der Waals surface area contributed by atoms with E-state index in [9.17, 15) is 0 Å². The Morgan fingerprint density at radius 3 is 2.53 bits per heavy atom. The summed E-state index contributed by atoms with van der Waals surface area (Å²) in [6.45, 7) is 0.481. The van der Waals surface area contributed by atoms with Gasteiger partial charge in [-0.15, -0.1) is 12.4 Å². The maximum Gasteiger partial charge on any atom is 0.0695 e. The quantitative estimate of drug-likeness (QED) is 0.853. The minimum atomic E-state index is 0. The zero-order valence-corrected chi connectivity index (χ0v) is 9.48. The second-order valence-corrected chi connectivity index (χ2v) is 3.42. The summed E-state index contributed by atoms with van der Waals surface area (Å²) >= 11 is 5.80. The van der Waals surface area contributed by atoms with E-state index in [4.69, 9.17) is 17.3 Å². The van der Waals surface area contributed by atoms with Gasteiger partial charge in [-0.3, -0.25) is 5.10 Å². The molecule has 2 rings (SSSR count). The van der Waals surface area contributed by atoms with Crippen molar-refractivity contribution in [1.29, 1.82) is 0 Å². The smallest absolute Gasteiger partial charge is 0.0695 e. The molecule has 0 amide bonds. The second-order valence-electron chi connectivity index (χ2n) is 2.98. The van der Waals surface area contributed by atoms with Gasteiger partial charge in [0.05, 0.1) is 11.9 Å². The lowest BCUT2D eigenvalue weighted by molar-refractivity contribution is 1.08. The van der Waals surface area contributed by atoms with Crippen LogP contribution in [-0.2, 0) is 6.54 Å². The molecule has 80 valence electrons. The number of aromatic nitrogens is 2. The number of hydrogen-bond acceptors (Lipinski definition) is 2. The lowest BCUT2D eigenvalue weighted by atomic mass is 10.1. The molecule has 2 aromatic rings. The lowest BCUT2D eigenvalue weighted by Crippen LogP contribution is -1.96. The summed E-state index contributed by atoms with van der Waals surface area (Å²) in [5, 5.41) is 7.60. The number of rotatable bonds is 2. The molecular weight excluding hydrogens is 233 g/mol. The first-order valence-electron chi connectivity index (χ1n) is 4.29. The first-order valence-corrected chi connectivity index (χ1v) is 4.67. The van der Waals surface area contributed by atoms with Gasteiger partial charge in [0.25, 0.3) is 0 Å². The van der Waals surface area contributed by atoms with Crippen LogP contribution in [0.2, 0.25) is 5.02 Å². The lowest BCUT2D eigenvalue weighted by Gasteiger charge is -2.00. The second kappa shape index (κ2) is 5.16. The number of hydrogen-bond donors (Lipinski definition) is 2. The summed E-state index contributed by atoms with van der Waals surface area (Å²) in [6, 6.07) is 7.57. The third-order valence-corrected chi connectivity index (χ3v) is 2.32. The minimum absolute atomic E-state index is 0. The van der Waals surface area contributed by atoms with Crippen molar-refractivity contribution in [2.45, 2.75) is 6.54 Å². The van der Waals surface area contributed by atoms with Crippen molar-refractivity contribution in [3.05, 3.63) is 41.0 Å². The van der Waals surface area contributed by atoms with Gasteiger partial charge in [0.2, 0.25) is 0 Å². The van der Waals surface area contributed by atoms with E-state index in [0.717, 1.165) is 21.8 Å². The first-order chi connectivity index (χ1) is 6.81. The molecule has 3 N–H and O–H groups in total. The fourth-order valence-electron chi connectivity index (χ4n) is 1.33. The zero-order chi connectivity index (χ0) is 9.97. The van der Waals surface area contributed by atoms with Crippen LogP contribution in [0.4, 0.5) is 0 Å². The Hall–Kier alpha value is -1.03. The van der Waals surface area contributed by atoms with Crippen LogP contribution in [0.25, 0.3) is 11.3 Å². The van der Waals surface area contributed by atoms with Gasteiger partial charge in [0.15, 0.2) is 0 Å². The van der Waals surface area contributed by atoms with Crippen molar-refractivity contribution in [2.24, 2.45) is 5.73 Å². The van der Waals surface area contributed by atoms with E-state index in [0.29, 0.717) is 6.54 Å². The van der Waals surface area contributed by atoms with Crippen molar-refractivity contribution in [1.82, 2.24) is 10.2 Å². The van der Waals surface area contributed by atoms with Crippen LogP contribution in [0, 0.1) is 0 Å². The molecule has 0 aliphatic carbocycles. The Labute approximate surface area is 99.0 Å². The number of H-pyrrole nitrogens is 1. The average molecular weight is 244 g/mol. The highest BCUT2D eigenvalue weighted by molar-refractivity contribution is 6.30. The highest BCUT2D eigenvalue weighted by Gasteiger charge is 2.05. The molecule has 0 saturated heterocycles. The van der Waals surface area contributed by atoms with E-state index < -0.39 is 0 Å². The van der Waals surface area contributed by atoms with Crippen molar-refractivity contribution in [3.8, 4) is 11.3 Å². The highest BCUT2D eigenvalue weighted by atomic mass is 35.5. The molecule has 1 aromatic carbocycles. The monoisotopic (exact) mass is 243 g/mol. The van der Waals surface area contributed by atoms with Crippen molar-refractivity contribution < 1.29 is 0 Å². The van der Waals surface area contributed by atoms with Gasteiger partial charge in [-0.25, -0.2) is 0 Å². The molecule has 0 atom stereocenters. The van der Waals surface area contributed by atoms with Crippen LogP contribution in [0.1, 0.15) is 5.56 Å². The molecule has 0 bridgehead atoms. The van der Waals surface area contributed by atoms with Crippen molar-refractivity contribution in [2.75, 3.05) is 0 Å². The van der Waals surface area contributed by atoms with Gasteiger partial charge in [-0.1, -0.05) is 23.7 Å². The molecule has 0 radical (unpaired) electrons. The molecule has 0 fully saturated rings. The maximum atomic E-state index is 5.80. The Balaban J connectivity index is 0.00000112. The standard InChI is InChI=1S/C10H10ClN3.ClH/c11-9-3-1-7(2-4-9)10-8(5-12)6-13-14-10;/h1-4,6H,5,12H2,(H,13,14);1H. The molecule has 1 aromatic heterocycles. The molecular formula is C10H11Cl2N3. The normalized spacial score (nSPS) is 9.73. The Kier molecular flexibility index (Phi) is 4.15. The van der Waals surface area contributed by atoms with Crippen LogP contribution in [0.15, 0.2) is 30.5 Å². The predicted octanol–water partition coefficient (Wildman–Crippen LogP) is 2.61. The van der Waals surface area contributed by atoms with Crippen molar-refractivity contribution in [3.63, 3.8) is 0 Å². The molecule has 0 spiro atoms. The summed E-state index contributed by atoms with van der Waals surface area (Å²) < 4.78 is 0. The van der Waals surface area contributed by atoms with E-state index in [-0.39, 0.29) is 12.4 Å². The van der Waals surface area contributed by atoms with E-state index in [2.05, 4.69) is 10.2 Å². The fraction of sp³-hybridized carbons (Fsp3) is 0.100. The first kappa shape index (κ1) is 12.0. The Morgan fingerprint density at radius 1 is 1.27 bits per heavy atom.